The Morgan fingerprint density at radius 3 is 2.18 bits per heavy atom. The van der Waals surface area contributed by atoms with Crippen LogP contribution in [-0.2, 0) is 28.2 Å². The quantitative estimate of drug-likeness (QED) is 0.195. The van der Waals surface area contributed by atoms with Crippen LogP contribution in [0.2, 0.25) is 0 Å². The molecule has 0 atom stereocenters. The van der Waals surface area contributed by atoms with Gasteiger partial charge in [-0.2, -0.15) is 10.3 Å². The van der Waals surface area contributed by atoms with Crippen LogP contribution in [0.25, 0.3) is 22.5 Å². The highest BCUT2D eigenvalue weighted by molar-refractivity contribution is 5.80. The Morgan fingerprint density at radius 2 is 1.58 bits per heavy atom. The van der Waals surface area contributed by atoms with Crippen molar-refractivity contribution in [2.24, 2.45) is 0 Å². The molecule has 0 bridgehead atoms. The summed E-state index contributed by atoms with van der Waals surface area (Å²) in [7, 11) is 0. The lowest BCUT2D eigenvalue weighted by atomic mass is 9.98. The maximum atomic E-state index is 6.27. The van der Waals surface area contributed by atoms with Crippen molar-refractivity contribution in [3.63, 3.8) is 0 Å². The van der Waals surface area contributed by atoms with E-state index in [4.69, 9.17) is 19.6 Å². The lowest BCUT2D eigenvalue weighted by Crippen LogP contribution is -2.35. The highest BCUT2D eigenvalue weighted by Gasteiger charge is 2.37. The van der Waals surface area contributed by atoms with Crippen LogP contribution in [0.3, 0.4) is 0 Å². The lowest BCUT2D eigenvalue weighted by Gasteiger charge is -2.30. The van der Waals surface area contributed by atoms with Crippen LogP contribution < -0.4 is 0 Å². The van der Waals surface area contributed by atoms with Gasteiger partial charge in [0.1, 0.15) is 5.82 Å². The maximum Gasteiger partial charge on any atom is 0.231 e. The van der Waals surface area contributed by atoms with Crippen LogP contribution in [0.1, 0.15) is 77.0 Å². The van der Waals surface area contributed by atoms with Crippen molar-refractivity contribution < 1.29 is 9.47 Å². The number of rotatable bonds is 15. The van der Waals surface area contributed by atoms with Gasteiger partial charge in [0, 0.05) is 24.9 Å². The van der Waals surface area contributed by atoms with Gasteiger partial charge in [-0.1, -0.05) is 82.6 Å². The van der Waals surface area contributed by atoms with Gasteiger partial charge in [0.05, 0.1) is 13.2 Å². The fourth-order valence-corrected chi connectivity index (χ4v) is 4.41. The van der Waals surface area contributed by atoms with Crippen molar-refractivity contribution in [1.82, 2.24) is 35.4 Å². The zero-order valence-electron chi connectivity index (χ0n) is 23.0. The monoisotopic (exact) mass is 517 g/mol. The smallest absolute Gasteiger partial charge is 0.231 e. The van der Waals surface area contributed by atoms with Crippen LogP contribution in [-0.4, -0.2) is 48.6 Å². The molecule has 2 heterocycles. The molecule has 2 aromatic heterocycles. The highest BCUT2D eigenvalue weighted by Crippen LogP contribution is 2.32. The van der Waals surface area contributed by atoms with Crippen LogP contribution in [0.15, 0.2) is 48.5 Å². The van der Waals surface area contributed by atoms with Crippen LogP contribution in [0, 0.1) is 0 Å². The predicted octanol–water partition coefficient (Wildman–Crippen LogP) is 5.93. The van der Waals surface area contributed by atoms with E-state index in [0.29, 0.717) is 37.7 Å². The molecular weight excluding hydrogens is 478 g/mol. The first kappa shape index (κ1) is 27.6. The Bertz CT molecular complexity index is 1240. The van der Waals surface area contributed by atoms with Gasteiger partial charge >= 0.3 is 0 Å². The first-order chi connectivity index (χ1) is 18.6. The molecule has 0 amide bonds. The minimum atomic E-state index is -0.916. The summed E-state index contributed by atoms with van der Waals surface area (Å²) in [5.41, 5.74) is 4.25. The molecule has 0 saturated heterocycles. The molecule has 38 heavy (non-hydrogen) atoms. The standard InChI is InChI=1S/C29H39N7O2/c1-5-9-18-36-26(30-28(33-36)29(8-4,37-19-6-2)38-20-7-3)21-22-14-16-23(17-15-22)24-12-10-11-13-25(24)27-31-34-35-32-27/h10-17H,5-9,18-21H2,1-4H3,(H,31,32,34,35). The number of hydrogen-bond donors (Lipinski definition) is 1. The summed E-state index contributed by atoms with van der Waals surface area (Å²) in [4.78, 5) is 5.01. The van der Waals surface area contributed by atoms with Gasteiger partial charge in [0.25, 0.3) is 0 Å². The number of hydrogen-bond acceptors (Lipinski definition) is 7. The van der Waals surface area contributed by atoms with E-state index in [0.717, 1.165) is 60.3 Å². The Balaban J connectivity index is 1.62. The van der Waals surface area contributed by atoms with Crippen molar-refractivity contribution in [3.05, 3.63) is 65.7 Å². The molecule has 0 aliphatic heterocycles. The van der Waals surface area contributed by atoms with Gasteiger partial charge in [0.15, 0.2) is 0 Å². The number of aryl methyl sites for hydroxylation is 1. The second-order valence-electron chi connectivity index (χ2n) is 9.39. The third-order valence-corrected chi connectivity index (χ3v) is 6.50. The highest BCUT2D eigenvalue weighted by atomic mass is 16.7. The van der Waals surface area contributed by atoms with Crippen molar-refractivity contribution in [3.8, 4) is 22.5 Å². The number of aromatic nitrogens is 7. The first-order valence-corrected chi connectivity index (χ1v) is 13.8. The number of aromatic amines is 1. The zero-order chi connectivity index (χ0) is 26.8. The molecule has 2 aromatic carbocycles. The molecule has 0 saturated carbocycles. The Kier molecular flexibility index (Phi) is 9.73. The summed E-state index contributed by atoms with van der Waals surface area (Å²) in [6, 6.07) is 16.6. The molecular formula is C29H39N7O2. The van der Waals surface area contributed by atoms with Gasteiger partial charge < -0.3 is 9.47 Å². The Morgan fingerprint density at radius 1 is 0.868 bits per heavy atom. The fourth-order valence-electron chi connectivity index (χ4n) is 4.41. The molecule has 9 nitrogen and oxygen atoms in total. The summed E-state index contributed by atoms with van der Waals surface area (Å²) in [5.74, 6) is 1.21. The average molecular weight is 518 g/mol. The molecule has 0 fully saturated rings. The van der Waals surface area contributed by atoms with Crippen molar-refractivity contribution in [1.29, 1.82) is 0 Å². The SMILES string of the molecule is CCCCn1nc(C(CC)(OCCC)OCCC)nc1Cc1ccc(-c2ccccc2-c2nn[nH]n2)cc1. The summed E-state index contributed by atoms with van der Waals surface area (Å²) >= 11 is 0. The fraction of sp³-hybridized carbons (Fsp3) is 0.483. The summed E-state index contributed by atoms with van der Waals surface area (Å²) < 4.78 is 14.6. The van der Waals surface area contributed by atoms with E-state index in [2.05, 4.69) is 78.7 Å². The molecule has 9 heteroatoms. The Labute approximate surface area is 225 Å². The van der Waals surface area contributed by atoms with Gasteiger partial charge in [-0.3, -0.25) is 0 Å². The second kappa shape index (κ2) is 13.4. The topological polar surface area (TPSA) is 104 Å². The summed E-state index contributed by atoms with van der Waals surface area (Å²) in [6.07, 6.45) is 5.25. The van der Waals surface area contributed by atoms with E-state index in [1.54, 1.807) is 0 Å². The minimum absolute atomic E-state index is 0.580. The zero-order valence-corrected chi connectivity index (χ0v) is 23.0. The normalized spacial score (nSPS) is 11.8. The molecule has 4 rings (SSSR count). The van der Waals surface area contributed by atoms with Crippen molar-refractivity contribution in [2.75, 3.05) is 13.2 Å². The molecule has 4 aromatic rings. The average Bonchev–Trinajstić information content (AvgIpc) is 3.64. The lowest BCUT2D eigenvalue weighted by molar-refractivity contribution is -0.253. The number of ether oxygens (including phenoxy) is 2. The van der Waals surface area contributed by atoms with Crippen LogP contribution >= 0.6 is 0 Å². The number of benzene rings is 2. The third-order valence-electron chi connectivity index (χ3n) is 6.50. The minimum Gasteiger partial charge on any atom is -0.343 e. The third kappa shape index (κ3) is 6.34. The first-order valence-electron chi connectivity index (χ1n) is 13.8. The number of tetrazole rings is 1. The van der Waals surface area contributed by atoms with E-state index in [9.17, 15) is 0 Å². The van der Waals surface area contributed by atoms with Crippen molar-refractivity contribution in [2.45, 2.75) is 78.6 Å². The van der Waals surface area contributed by atoms with Gasteiger partial charge in [-0.25, -0.2) is 9.67 Å². The van der Waals surface area contributed by atoms with E-state index >= 15 is 0 Å². The number of unbranched alkanes of at least 4 members (excludes halogenated alkanes) is 1. The van der Waals surface area contributed by atoms with Crippen LogP contribution in [0.4, 0.5) is 0 Å². The molecule has 0 aliphatic carbocycles. The summed E-state index contributed by atoms with van der Waals surface area (Å²) in [6.45, 7) is 10.5. The van der Waals surface area contributed by atoms with Gasteiger partial charge in [-0.05, 0) is 41.2 Å². The second-order valence-corrected chi connectivity index (χ2v) is 9.39. The molecule has 202 valence electrons. The van der Waals surface area contributed by atoms with Gasteiger partial charge in [-0.15, -0.1) is 10.2 Å². The van der Waals surface area contributed by atoms with E-state index in [1.165, 1.54) is 0 Å². The summed E-state index contributed by atoms with van der Waals surface area (Å²) in [5, 5.41) is 19.5. The van der Waals surface area contributed by atoms with Gasteiger partial charge in [0.2, 0.25) is 17.4 Å². The number of H-pyrrole nitrogens is 1. The van der Waals surface area contributed by atoms with E-state index in [1.807, 2.05) is 22.9 Å². The number of nitrogens with one attached hydrogen (secondary N) is 1. The van der Waals surface area contributed by atoms with Crippen molar-refractivity contribution >= 4 is 0 Å². The molecule has 0 unspecified atom stereocenters. The molecule has 0 radical (unpaired) electrons. The molecule has 1 N–H and O–H groups in total. The Hall–Kier alpha value is -3.43. The largest absolute Gasteiger partial charge is 0.343 e. The molecule has 0 spiro atoms. The maximum absolute atomic E-state index is 6.27. The van der Waals surface area contributed by atoms with E-state index < -0.39 is 5.79 Å². The predicted molar refractivity (Wildman–Crippen MR) is 147 cm³/mol. The molecule has 0 aliphatic rings. The van der Waals surface area contributed by atoms with Crippen LogP contribution in [0.5, 0.6) is 0 Å². The number of nitrogens with zero attached hydrogens (tertiary/aromatic N) is 6. The van der Waals surface area contributed by atoms with E-state index in [-0.39, 0.29) is 0 Å².